The standard InChI is InChI=1S/C29H29N3O4/c1-35-28-30-15-19(16-31-28)27(33)18-13-20-7-6-8-21(14-18)32(20)29(34)36-17-26-24-11-4-2-9-22(24)23-10-3-5-12-25(23)26/h2-5,9-12,15-16,18,20-21,26H,6-8,13-14,17H2,1H3. The number of Topliss-reactive ketones (excluding diaryl/α,β-unsaturated/α-hetero) is 1. The molecule has 0 radical (unpaired) electrons. The topological polar surface area (TPSA) is 81.6 Å². The van der Waals surface area contributed by atoms with Gasteiger partial charge in [-0.05, 0) is 54.4 Å². The van der Waals surface area contributed by atoms with Crippen LogP contribution in [-0.4, -0.2) is 52.5 Å². The second-order valence-electron chi connectivity index (χ2n) is 9.94. The summed E-state index contributed by atoms with van der Waals surface area (Å²) in [6.07, 6.45) is 6.94. The van der Waals surface area contributed by atoms with Crippen LogP contribution in [0.2, 0.25) is 0 Å². The van der Waals surface area contributed by atoms with Gasteiger partial charge >= 0.3 is 12.1 Å². The van der Waals surface area contributed by atoms with Gasteiger partial charge in [0, 0.05) is 36.3 Å². The predicted octanol–water partition coefficient (Wildman–Crippen LogP) is 5.25. The van der Waals surface area contributed by atoms with Crippen molar-refractivity contribution in [2.45, 2.75) is 50.1 Å². The van der Waals surface area contributed by atoms with Crippen LogP contribution >= 0.6 is 0 Å². The summed E-state index contributed by atoms with van der Waals surface area (Å²) in [5, 5.41) is 0. The third kappa shape index (κ3) is 3.92. The minimum absolute atomic E-state index is 0.0151. The molecule has 2 atom stereocenters. The van der Waals surface area contributed by atoms with Crippen molar-refractivity contribution in [3.63, 3.8) is 0 Å². The highest BCUT2D eigenvalue weighted by Crippen LogP contribution is 2.45. The Kier molecular flexibility index (Phi) is 5.91. The maximum atomic E-state index is 13.4. The maximum Gasteiger partial charge on any atom is 0.410 e. The Labute approximate surface area is 210 Å². The van der Waals surface area contributed by atoms with E-state index in [1.54, 1.807) is 0 Å². The van der Waals surface area contributed by atoms with Crippen LogP contribution in [0.5, 0.6) is 6.01 Å². The van der Waals surface area contributed by atoms with E-state index in [9.17, 15) is 9.59 Å². The number of carbonyl (C=O) groups is 2. The molecule has 0 spiro atoms. The van der Waals surface area contributed by atoms with Crippen LogP contribution in [0, 0.1) is 5.92 Å². The Hall–Kier alpha value is -3.74. The smallest absolute Gasteiger partial charge is 0.410 e. The molecule has 3 aliphatic rings. The number of ether oxygens (including phenoxy) is 2. The summed E-state index contributed by atoms with van der Waals surface area (Å²) in [6, 6.07) is 17.0. The van der Waals surface area contributed by atoms with Gasteiger partial charge in [-0.2, -0.15) is 0 Å². The minimum atomic E-state index is -0.259. The van der Waals surface area contributed by atoms with Crippen molar-refractivity contribution in [2.24, 2.45) is 5.92 Å². The molecular formula is C29H29N3O4. The summed E-state index contributed by atoms with van der Waals surface area (Å²) < 4.78 is 11.0. The lowest BCUT2D eigenvalue weighted by Crippen LogP contribution is -2.55. The first-order chi connectivity index (χ1) is 17.6. The number of fused-ring (bicyclic) bond motifs is 5. The third-order valence-corrected chi connectivity index (χ3v) is 7.99. The molecule has 7 nitrogen and oxygen atoms in total. The number of hydrogen-bond donors (Lipinski definition) is 0. The van der Waals surface area contributed by atoms with E-state index < -0.39 is 0 Å². The quantitative estimate of drug-likeness (QED) is 0.461. The van der Waals surface area contributed by atoms with Crippen LogP contribution in [0.25, 0.3) is 11.1 Å². The van der Waals surface area contributed by atoms with E-state index in [1.807, 2.05) is 17.0 Å². The van der Waals surface area contributed by atoms with E-state index in [1.165, 1.54) is 41.8 Å². The third-order valence-electron chi connectivity index (χ3n) is 7.99. The van der Waals surface area contributed by atoms with Gasteiger partial charge in [-0.1, -0.05) is 48.5 Å². The molecule has 1 aliphatic carbocycles. The van der Waals surface area contributed by atoms with Crippen molar-refractivity contribution in [1.82, 2.24) is 14.9 Å². The first-order valence-corrected chi connectivity index (χ1v) is 12.7. The molecular weight excluding hydrogens is 454 g/mol. The Balaban J connectivity index is 1.15. The number of methoxy groups -OCH3 is 1. The monoisotopic (exact) mass is 483 g/mol. The molecule has 36 heavy (non-hydrogen) atoms. The first-order valence-electron chi connectivity index (χ1n) is 12.7. The molecule has 184 valence electrons. The molecule has 0 saturated carbocycles. The van der Waals surface area contributed by atoms with Gasteiger partial charge in [-0.15, -0.1) is 0 Å². The van der Waals surface area contributed by atoms with E-state index in [2.05, 4.69) is 46.4 Å². The summed E-state index contributed by atoms with van der Waals surface area (Å²) in [5.74, 6) is -0.0629. The fourth-order valence-corrected chi connectivity index (χ4v) is 6.35. The summed E-state index contributed by atoms with van der Waals surface area (Å²) in [4.78, 5) is 36.7. The van der Waals surface area contributed by atoms with Crippen LogP contribution in [0.1, 0.15) is 59.5 Å². The Morgan fingerprint density at radius 1 is 0.917 bits per heavy atom. The average molecular weight is 484 g/mol. The number of ketones is 1. The van der Waals surface area contributed by atoms with Gasteiger partial charge in [-0.25, -0.2) is 14.8 Å². The Bertz CT molecular complexity index is 1230. The minimum Gasteiger partial charge on any atom is -0.467 e. The highest BCUT2D eigenvalue weighted by Gasteiger charge is 2.44. The molecule has 2 aromatic carbocycles. The van der Waals surface area contributed by atoms with Crippen LogP contribution in [0.4, 0.5) is 4.79 Å². The lowest BCUT2D eigenvalue weighted by Gasteiger charge is -2.47. The van der Waals surface area contributed by atoms with Crippen molar-refractivity contribution in [3.05, 3.63) is 77.6 Å². The number of hydrogen-bond acceptors (Lipinski definition) is 6. The van der Waals surface area contributed by atoms with Crippen molar-refractivity contribution in [3.8, 4) is 17.1 Å². The van der Waals surface area contributed by atoms with Gasteiger partial charge in [0.1, 0.15) is 6.61 Å². The van der Waals surface area contributed by atoms with E-state index >= 15 is 0 Å². The molecule has 7 heteroatoms. The fraction of sp³-hybridized carbons (Fsp3) is 0.379. The number of rotatable bonds is 5. The molecule has 0 N–H and O–H groups in total. The number of benzene rings is 2. The van der Waals surface area contributed by atoms with Crippen molar-refractivity contribution in [1.29, 1.82) is 0 Å². The van der Waals surface area contributed by atoms with Crippen LogP contribution in [-0.2, 0) is 4.74 Å². The largest absolute Gasteiger partial charge is 0.467 e. The lowest BCUT2D eigenvalue weighted by atomic mass is 9.76. The van der Waals surface area contributed by atoms with Crippen molar-refractivity contribution in [2.75, 3.05) is 13.7 Å². The highest BCUT2D eigenvalue weighted by atomic mass is 16.6. The zero-order valence-electron chi connectivity index (χ0n) is 20.3. The van der Waals surface area contributed by atoms with Crippen LogP contribution in [0.3, 0.4) is 0 Å². The van der Waals surface area contributed by atoms with Gasteiger partial charge in [-0.3, -0.25) is 4.79 Å². The summed E-state index contributed by atoms with van der Waals surface area (Å²) in [5.41, 5.74) is 5.34. The number of nitrogens with zero attached hydrogens (tertiary/aromatic N) is 3. The second-order valence-corrected chi connectivity index (χ2v) is 9.94. The number of carbonyl (C=O) groups excluding carboxylic acids is 2. The van der Waals surface area contributed by atoms with Crippen LogP contribution < -0.4 is 4.74 Å². The van der Waals surface area contributed by atoms with Gasteiger partial charge < -0.3 is 14.4 Å². The molecule has 2 fully saturated rings. The first kappa shape index (κ1) is 22.7. The molecule has 3 heterocycles. The zero-order chi connectivity index (χ0) is 24.6. The highest BCUT2D eigenvalue weighted by molar-refractivity contribution is 5.97. The maximum absolute atomic E-state index is 13.4. The normalized spacial score (nSPS) is 22.5. The fourth-order valence-electron chi connectivity index (χ4n) is 6.35. The number of aromatic nitrogens is 2. The summed E-state index contributed by atoms with van der Waals surface area (Å²) >= 11 is 0. The SMILES string of the molecule is COc1ncc(C(=O)C2CC3CCCC(C2)N3C(=O)OCC2c3ccccc3-c3ccccc32)cn1. The van der Waals surface area contributed by atoms with Gasteiger partial charge in [0.25, 0.3) is 0 Å². The molecule has 2 saturated heterocycles. The average Bonchev–Trinajstić information content (AvgIpc) is 3.24. The molecule has 2 aliphatic heterocycles. The molecule has 6 rings (SSSR count). The van der Waals surface area contributed by atoms with Gasteiger partial charge in [0.05, 0.1) is 12.7 Å². The van der Waals surface area contributed by atoms with E-state index in [4.69, 9.17) is 9.47 Å². The molecule has 1 amide bonds. The van der Waals surface area contributed by atoms with E-state index in [0.29, 0.717) is 25.0 Å². The Morgan fingerprint density at radius 3 is 2.08 bits per heavy atom. The molecule has 1 aromatic heterocycles. The predicted molar refractivity (Wildman–Crippen MR) is 134 cm³/mol. The van der Waals surface area contributed by atoms with Gasteiger partial charge in [0.2, 0.25) is 0 Å². The molecule has 3 aromatic rings. The number of piperidine rings is 2. The summed E-state index contributed by atoms with van der Waals surface area (Å²) in [6.45, 7) is 0.314. The van der Waals surface area contributed by atoms with Crippen molar-refractivity contribution < 1.29 is 19.1 Å². The second kappa shape index (κ2) is 9.37. The summed E-state index contributed by atoms with van der Waals surface area (Å²) in [7, 11) is 1.50. The molecule has 2 bridgehead atoms. The lowest BCUT2D eigenvalue weighted by molar-refractivity contribution is 0.00649. The zero-order valence-corrected chi connectivity index (χ0v) is 20.3. The van der Waals surface area contributed by atoms with Crippen LogP contribution in [0.15, 0.2) is 60.9 Å². The molecule has 2 unspecified atom stereocenters. The number of amides is 1. The van der Waals surface area contributed by atoms with Gasteiger partial charge in [0.15, 0.2) is 5.78 Å². The van der Waals surface area contributed by atoms with Crippen molar-refractivity contribution >= 4 is 11.9 Å². The Morgan fingerprint density at radius 2 is 1.50 bits per heavy atom. The van der Waals surface area contributed by atoms with E-state index in [-0.39, 0.29) is 41.8 Å². The van der Waals surface area contributed by atoms with E-state index in [0.717, 1.165) is 19.3 Å².